The van der Waals surface area contributed by atoms with Crippen LogP contribution in [-0.4, -0.2) is 36.6 Å². The molecule has 1 N–H and O–H groups in total. The molecule has 0 aliphatic heterocycles. The Morgan fingerprint density at radius 1 is 0.727 bits per heavy atom. The molecule has 1 aromatic rings. The number of rotatable bonds is 17. The van der Waals surface area contributed by atoms with Gasteiger partial charge in [0.1, 0.15) is 18.8 Å². The number of ether oxygens (including phenoxy) is 2. The number of hydrogen-bond donors (Lipinski definition) is 1. The summed E-state index contributed by atoms with van der Waals surface area (Å²) in [5.41, 5.74) is 1.49. The molecule has 0 aromatic heterocycles. The summed E-state index contributed by atoms with van der Waals surface area (Å²) in [6, 6.07) is 8.54. The summed E-state index contributed by atoms with van der Waals surface area (Å²) in [5, 5.41) is 2.85. The van der Waals surface area contributed by atoms with Gasteiger partial charge in [0.05, 0.1) is 0 Å². The summed E-state index contributed by atoms with van der Waals surface area (Å²) in [7, 11) is 0. The van der Waals surface area contributed by atoms with Gasteiger partial charge in [-0.2, -0.15) is 0 Å². The topological polar surface area (TPSA) is 81.7 Å². The van der Waals surface area contributed by atoms with E-state index >= 15 is 0 Å². The van der Waals surface area contributed by atoms with Crippen LogP contribution in [0.2, 0.25) is 0 Å². The van der Waals surface area contributed by atoms with E-state index in [4.69, 9.17) is 9.47 Å². The maximum Gasteiger partial charge on any atom is 0.302 e. The van der Waals surface area contributed by atoms with Crippen molar-refractivity contribution in [2.45, 2.75) is 104 Å². The van der Waals surface area contributed by atoms with E-state index in [0.717, 1.165) is 12.0 Å². The van der Waals surface area contributed by atoms with E-state index in [1.807, 2.05) is 0 Å². The third kappa shape index (κ3) is 13.7. The second-order valence-electron chi connectivity index (χ2n) is 9.06. The molecule has 0 heterocycles. The van der Waals surface area contributed by atoms with Gasteiger partial charge in [0.2, 0.25) is 5.91 Å². The Bertz CT molecular complexity index is 696. The molecule has 0 spiro atoms. The minimum absolute atomic E-state index is 0.0499. The zero-order valence-electron chi connectivity index (χ0n) is 21.0. The zero-order chi connectivity index (χ0) is 24.5. The lowest BCUT2D eigenvalue weighted by Crippen LogP contribution is -2.55. The van der Waals surface area contributed by atoms with Crippen molar-refractivity contribution in [3.05, 3.63) is 35.4 Å². The van der Waals surface area contributed by atoms with Crippen LogP contribution in [0, 0.1) is 0 Å². The molecule has 0 fully saturated rings. The first kappa shape index (κ1) is 28.7. The third-order valence-electron chi connectivity index (χ3n) is 5.78. The van der Waals surface area contributed by atoms with E-state index in [1.165, 1.54) is 77.7 Å². The second-order valence-corrected chi connectivity index (χ2v) is 9.06. The lowest BCUT2D eigenvalue weighted by molar-refractivity contribution is -0.150. The largest absolute Gasteiger partial charge is 0.463 e. The number of benzene rings is 1. The standard InChI is InChI=1S/C27H43NO5/c1-5-6-7-8-9-10-11-12-13-25-14-16-26(17-15-25)18-19-27(28-22(2)29,20-32-23(3)30)21-33-24(4)31/h14-17H,5-13,18-21H2,1-4H3,(H,28,29). The van der Waals surface area contributed by atoms with Crippen molar-refractivity contribution in [3.63, 3.8) is 0 Å². The molecule has 0 bridgehead atoms. The van der Waals surface area contributed by atoms with Crippen molar-refractivity contribution in [1.29, 1.82) is 0 Å². The van der Waals surface area contributed by atoms with Crippen molar-refractivity contribution in [2.75, 3.05) is 13.2 Å². The molecule has 1 amide bonds. The number of nitrogens with one attached hydrogen (secondary N) is 1. The summed E-state index contributed by atoms with van der Waals surface area (Å²) in [4.78, 5) is 34.6. The van der Waals surface area contributed by atoms with Crippen LogP contribution >= 0.6 is 0 Å². The summed E-state index contributed by atoms with van der Waals surface area (Å²) in [6.45, 7) is 6.18. The molecule has 0 radical (unpaired) electrons. The van der Waals surface area contributed by atoms with Crippen LogP contribution in [0.25, 0.3) is 0 Å². The van der Waals surface area contributed by atoms with Crippen molar-refractivity contribution < 1.29 is 23.9 Å². The van der Waals surface area contributed by atoms with Gasteiger partial charge in [-0.05, 0) is 36.8 Å². The summed E-state index contributed by atoms with van der Waals surface area (Å²) < 4.78 is 10.4. The number of carbonyl (C=O) groups excluding carboxylic acids is 3. The highest BCUT2D eigenvalue weighted by Gasteiger charge is 2.34. The van der Waals surface area contributed by atoms with Crippen molar-refractivity contribution in [1.82, 2.24) is 5.32 Å². The van der Waals surface area contributed by atoms with Gasteiger partial charge < -0.3 is 14.8 Å². The van der Waals surface area contributed by atoms with Crippen molar-refractivity contribution in [3.8, 4) is 0 Å². The smallest absolute Gasteiger partial charge is 0.302 e. The minimum Gasteiger partial charge on any atom is -0.463 e. The molecule has 0 unspecified atom stereocenters. The first-order valence-electron chi connectivity index (χ1n) is 12.4. The number of hydrogen-bond acceptors (Lipinski definition) is 5. The molecule has 6 heteroatoms. The quantitative estimate of drug-likeness (QED) is 0.251. The van der Waals surface area contributed by atoms with Crippen LogP contribution in [-0.2, 0) is 36.7 Å². The molecule has 1 rings (SSSR count). The van der Waals surface area contributed by atoms with E-state index in [9.17, 15) is 14.4 Å². The molecule has 186 valence electrons. The van der Waals surface area contributed by atoms with Gasteiger partial charge >= 0.3 is 11.9 Å². The Balaban J connectivity index is 2.59. The average Bonchev–Trinajstić information content (AvgIpc) is 2.77. The van der Waals surface area contributed by atoms with Gasteiger partial charge in [-0.25, -0.2) is 0 Å². The fraction of sp³-hybridized carbons (Fsp3) is 0.667. The van der Waals surface area contributed by atoms with Gasteiger partial charge in [-0.1, -0.05) is 76.1 Å². The Morgan fingerprint density at radius 3 is 1.64 bits per heavy atom. The van der Waals surface area contributed by atoms with Gasteiger partial charge in [0.25, 0.3) is 0 Å². The molecule has 0 atom stereocenters. The van der Waals surface area contributed by atoms with Crippen LogP contribution in [0.1, 0.15) is 96.6 Å². The molecule has 1 aromatic carbocycles. The first-order chi connectivity index (χ1) is 15.8. The highest BCUT2D eigenvalue weighted by atomic mass is 16.5. The van der Waals surface area contributed by atoms with Crippen LogP contribution in [0.3, 0.4) is 0 Å². The number of unbranched alkanes of at least 4 members (excludes halogenated alkanes) is 7. The fourth-order valence-electron chi connectivity index (χ4n) is 3.89. The highest BCUT2D eigenvalue weighted by Crippen LogP contribution is 2.19. The highest BCUT2D eigenvalue weighted by molar-refractivity contribution is 5.74. The molecule has 0 saturated carbocycles. The molecule has 0 aliphatic rings. The number of carbonyl (C=O) groups is 3. The Hall–Kier alpha value is -2.37. The predicted molar refractivity (Wildman–Crippen MR) is 131 cm³/mol. The molecule has 6 nitrogen and oxygen atoms in total. The summed E-state index contributed by atoms with van der Waals surface area (Å²) >= 11 is 0. The lowest BCUT2D eigenvalue weighted by Gasteiger charge is -2.33. The first-order valence-corrected chi connectivity index (χ1v) is 12.4. The van der Waals surface area contributed by atoms with E-state index in [-0.39, 0.29) is 19.1 Å². The third-order valence-corrected chi connectivity index (χ3v) is 5.78. The average molecular weight is 462 g/mol. The molecule has 0 aliphatic carbocycles. The van der Waals surface area contributed by atoms with Gasteiger partial charge in [0.15, 0.2) is 0 Å². The lowest BCUT2D eigenvalue weighted by atomic mass is 9.91. The molecular formula is C27H43NO5. The molecule has 0 saturated heterocycles. The Morgan fingerprint density at radius 2 is 1.18 bits per heavy atom. The van der Waals surface area contributed by atoms with E-state index in [2.05, 4.69) is 36.5 Å². The maximum atomic E-state index is 11.8. The van der Waals surface area contributed by atoms with E-state index < -0.39 is 17.5 Å². The molecule has 33 heavy (non-hydrogen) atoms. The van der Waals surface area contributed by atoms with E-state index in [0.29, 0.717) is 12.8 Å². The summed E-state index contributed by atoms with van der Waals surface area (Å²) in [6.07, 6.45) is 12.7. The maximum absolute atomic E-state index is 11.8. The normalized spacial score (nSPS) is 11.2. The zero-order valence-corrected chi connectivity index (χ0v) is 21.0. The van der Waals surface area contributed by atoms with Crippen molar-refractivity contribution >= 4 is 17.8 Å². The van der Waals surface area contributed by atoms with Crippen LogP contribution in [0.4, 0.5) is 0 Å². The van der Waals surface area contributed by atoms with Crippen LogP contribution in [0.15, 0.2) is 24.3 Å². The van der Waals surface area contributed by atoms with E-state index in [1.54, 1.807) is 0 Å². The minimum atomic E-state index is -0.959. The van der Waals surface area contributed by atoms with Gasteiger partial charge in [-0.3, -0.25) is 14.4 Å². The summed E-state index contributed by atoms with van der Waals surface area (Å²) in [5.74, 6) is -1.16. The monoisotopic (exact) mass is 461 g/mol. The Labute approximate surface area is 199 Å². The van der Waals surface area contributed by atoms with Crippen molar-refractivity contribution in [2.24, 2.45) is 0 Å². The Kier molecular flexibility index (Phi) is 14.1. The fourth-order valence-corrected chi connectivity index (χ4v) is 3.89. The molecular weight excluding hydrogens is 418 g/mol. The number of amides is 1. The predicted octanol–water partition coefficient (Wildman–Crippen LogP) is 5.30. The van der Waals surface area contributed by atoms with Crippen LogP contribution < -0.4 is 5.32 Å². The number of esters is 2. The SMILES string of the molecule is CCCCCCCCCCc1ccc(CCC(COC(C)=O)(COC(C)=O)NC(C)=O)cc1. The number of aryl methyl sites for hydroxylation is 2. The second kappa shape index (κ2) is 16.3. The van der Waals surface area contributed by atoms with Gasteiger partial charge in [0, 0.05) is 20.8 Å². The van der Waals surface area contributed by atoms with Gasteiger partial charge in [-0.15, -0.1) is 0 Å². The van der Waals surface area contributed by atoms with Crippen LogP contribution in [0.5, 0.6) is 0 Å².